The number of hydrogen-bond donors (Lipinski definition) is 3. The number of piperidine rings is 2. The van der Waals surface area contributed by atoms with Crippen LogP contribution in [0.15, 0.2) is 67.1 Å². The number of amides is 2. The predicted octanol–water partition coefficient (Wildman–Crippen LogP) is 5.42. The van der Waals surface area contributed by atoms with Gasteiger partial charge in [0.25, 0.3) is 0 Å². The first kappa shape index (κ1) is 42.1. The number of rotatable bonds is 13. The lowest BCUT2D eigenvalue weighted by atomic mass is 9.91. The number of carbonyl (C=O) groups excluding carboxylic acids is 2. The van der Waals surface area contributed by atoms with Crippen molar-refractivity contribution in [2.45, 2.75) is 45.4 Å². The maximum atomic E-state index is 15.9. The van der Waals surface area contributed by atoms with Crippen molar-refractivity contribution in [2.75, 3.05) is 79.2 Å². The zero-order valence-corrected chi connectivity index (χ0v) is 36.0. The molecule has 19 heteroatoms. The molecule has 0 unspecified atom stereocenters. The molecule has 0 aliphatic carbocycles. The van der Waals surface area contributed by atoms with E-state index in [0.717, 1.165) is 80.0 Å². The second-order valence-electron chi connectivity index (χ2n) is 15.6. The standard InChI is InChI=1S/C42H49FN12O4S2/c1-4-52(3)61(58,59)51-33-7-5-6-32(38(33)43)39-40(60-27(2)47-39)34-14-17-44-42(48-34)49-35-11-9-30(25-45-35)54-22-20-53(21-23-54)26-28-15-18-55(19-16-28)36-12-8-29(24-46-36)31-10-13-37(56)50-41(31)57/h5-9,11-12,14,17,24-25,28,31,51H,4,10,13,15-16,18-23,26H2,1-3H3,(H,50,56,57)(H,44,45,48,49)/t31-/m0/s1. The van der Waals surface area contributed by atoms with E-state index < -0.39 is 16.0 Å². The van der Waals surface area contributed by atoms with Gasteiger partial charge >= 0.3 is 10.2 Å². The second kappa shape index (κ2) is 18.2. The van der Waals surface area contributed by atoms with E-state index in [-0.39, 0.29) is 35.5 Å². The molecule has 1 aromatic carbocycles. The molecule has 3 saturated heterocycles. The number of nitrogens with one attached hydrogen (secondary N) is 3. The Hall–Kier alpha value is -5.63. The Bertz CT molecular complexity index is 2470. The normalized spacial score (nSPS) is 18.1. The van der Waals surface area contributed by atoms with Crippen molar-refractivity contribution < 1.29 is 22.4 Å². The Labute approximate surface area is 358 Å². The number of carbonyl (C=O) groups is 2. The number of thiazole rings is 1. The van der Waals surface area contributed by atoms with Crippen molar-refractivity contribution in [1.29, 1.82) is 0 Å². The third-order valence-electron chi connectivity index (χ3n) is 11.6. The fraction of sp³-hybridized carbons (Fsp3) is 0.405. The molecule has 0 bridgehead atoms. The topological polar surface area (TPSA) is 182 Å². The smallest absolute Gasteiger partial charge is 0.301 e. The lowest BCUT2D eigenvalue weighted by Gasteiger charge is -2.39. The van der Waals surface area contributed by atoms with Crippen LogP contribution in [0.2, 0.25) is 0 Å². The summed E-state index contributed by atoms with van der Waals surface area (Å²) in [6.45, 7) is 10.5. The summed E-state index contributed by atoms with van der Waals surface area (Å²) < 4.78 is 44.6. The number of imide groups is 1. The molecule has 61 heavy (non-hydrogen) atoms. The summed E-state index contributed by atoms with van der Waals surface area (Å²) in [6.07, 6.45) is 8.34. The molecule has 7 heterocycles. The molecule has 0 radical (unpaired) electrons. The fourth-order valence-corrected chi connectivity index (χ4v) is 9.81. The molecule has 3 N–H and O–H groups in total. The maximum Gasteiger partial charge on any atom is 0.301 e. The van der Waals surface area contributed by atoms with Gasteiger partial charge in [0.1, 0.15) is 11.6 Å². The van der Waals surface area contributed by atoms with Gasteiger partial charge in [0.05, 0.1) is 44.8 Å². The summed E-state index contributed by atoms with van der Waals surface area (Å²) in [5, 5.41) is 6.32. The van der Waals surface area contributed by atoms with Gasteiger partial charge in [-0.3, -0.25) is 24.5 Å². The van der Waals surface area contributed by atoms with Gasteiger partial charge in [0, 0.05) is 83.8 Å². The summed E-state index contributed by atoms with van der Waals surface area (Å²) in [4.78, 5) is 54.7. The summed E-state index contributed by atoms with van der Waals surface area (Å²) in [7, 11) is -2.52. The van der Waals surface area contributed by atoms with Crippen LogP contribution in [-0.2, 0) is 19.8 Å². The molecule has 3 aliphatic rings. The molecule has 3 aliphatic heterocycles. The van der Waals surface area contributed by atoms with Crippen molar-refractivity contribution in [3.8, 4) is 21.8 Å². The van der Waals surface area contributed by atoms with Crippen molar-refractivity contribution >= 4 is 62.3 Å². The first-order chi connectivity index (χ1) is 29.4. The minimum Gasteiger partial charge on any atom is -0.368 e. The highest BCUT2D eigenvalue weighted by Crippen LogP contribution is 2.39. The van der Waals surface area contributed by atoms with Crippen LogP contribution in [0.3, 0.4) is 0 Å². The monoisotopic (exact) mass is 868 g/mol. The molecule has 0 spiro atoms. The number of anilines is 5. The summed E-state index contributed by atoms with van der Waals surface area (Å²) in [6, 6.07) is 14.2. The van der Waals surface area contributed by atoms with Crippen LogP contribution in [0.1, 0.15) is 49.1 Å². The van der Waals surface area contributed by atoms with Gasteiger partial charge in [-0.2, -0.15) is 12.7 Å². The average molecular weight is 869 g/mol. The highest BCUT2D eigenvalue weighted by Gasteiger charge is 2.30. The van der Waals surface area contributed by atoms with Crippen LogP contribution >= 0.6 is 11.3 Å². The third-order valence-corrected chi connectivity index (χ3v) is 14.1. The van der Waals surface area contributed by atoms with Crippen LogP contribution in [0, 0.1) is 18.7 Å². The van der Waals surface area contributed by atoms with Gasteiger partial charge in [0.15, 0.2) is 5.82 Å². The van der Waals surface area contributed by atoms with Crippen LogP contribution < -0.4 is 25.2 Å². The van der Waals surface area contributed by atoms with E-state index in [1.54, 1.807) is 37.5 Å². The molecule has 0 saturated carbocycles. The van der Waals surface area contributed by atoms with Gasteiger partial charge < -0.3 is 15.1 Å². The van der Waals surface area contributed by atoms with Gasteiger partial charge in [-0.15, -0.1) is 11.3 Å². The van der Waals surface area contributed by atoms with E-state index in [4.69, 9.17) is 4.98 Å². The van der Waals surface area contributed by atoms with E-state index in [9.17, 15) is 18.0 Å². The number of pyridine rings is 2. The number of benzene rings is 1. The first-order valence-corrected chi connectivity index (χ1v) is 22.8. The largest absolute Gasteiger partial charge is 0.368 e. The molecule has 8 rings (SSSR count). The van der Waals surface area contributed by atoms with Crippen LogP contribution in [0.4, 0.5) is 33.3 Å². The zero-order chi connectivity index (χ0) is 42.7. The average Bonchev–Trinajstić information content (AvgIpc) is 3.66. The molecular weight excluding hydrogens is 820 g/mol. The minimum absolute atomic E-state index is 0.151. The Kier molecular flexibility index (Phi) is 12.5. The number of hydrogen-bond acceptors (Lipinski definition) is 14. The van der Waals surface area contributed by atoms with Crippen molar-refractivity contribution in [3.05, 3.63) is 83.5 Å². The molecule has 16 nitrogen and oxygen atoms in total. The summed E-state index contributed by atoms with van der Waals surface area (Å²) >= 11 is 1.36. The van der Waals surface area contributed by atoms with Gasteiger partial charge in [-0.05, 0) is 74.1 Å². The quantitative estimate of drug-likeness (QED) is 0.128. The molecule has 320 valence electrons. The van der Waals surface area contributed by atoms with Crippen LogP contribution in [-0.4, -0.2) is 114 Å². The van der Waals surface area contributed by atoms with Gasteiger partial charge in [0.2, 0.25) is 17.8 Å². The molecule has 2 amide bonds. The van der Waals surface area contributed by atoms with E-state index in [0.29, 0.717) is 51.8 Å². The second-order valence-corrected chi connectivity index (χ2v) is 18.5. The first-order valence-electron chi connectivity index (χ1n) is 20.5. The Morgan fingerprint density at radius 3 is 2.43 bits per heavy atom. The Morgan fingerprint density at radius 1 is 0.918 bits per heavy atom. The maximum absolute atomic E-state index is 15.9. The van der Waals surface area contributed by atoms with E-state index in [1.165, 1.54) is 24.5 Å². The molecule has 3 fully saturated rings. The van der Waals surface area contributed by atoms with E-state index in [1.807, 2.05) is 37.4 Å². The molecule has 5 aromatic rings. The Balaban J connectivity index is 0.828. The zero-order valence-electron chi connectivity index (χ0n) is 34.3. The van der Waals surface area contributed by atoms with Gasteiger partial charge in [-0.25, -0.2) is 29.3 Å². The number of halogens is 1. The highest BCUT2D eigenvalue weighted by molar-refractivity contribution is 7.90. The minimum atomic E-state index is -3.94. The van der Waals surface area contributed by atoms with E-state index >= 15 is 4.39 Å². The third kappa shape index (κ3) is 9.64. The van der Waals surface area contributed by atoms with Crippen molar-refractivity contribution in [2.24, 2.45) is 5.92 Å². The van der Waals surface area contributed by atoms with Gasteiger partial charge in [-0.1, -0.05) is 19.1 Å². The molecular formula is C42H49FN12O4S2. The highest BCUT2D eigenvalue weighted by atomic mass is 32.2. The van der Waals surface area contributed by atoms with E-state index in [2.05, 4.69) is 50.0 Å². The number of aryl methyl sites for hydroxylation is 1. The predicted molar refractivity (Wildman–Crippen MR) is 235 cm³/mol. The Morgan fingerprint density at radius 2 is 1.72 bits per heavy atom. The number of nitrogens with zero attached hydrogens (tertiary/aromatic N) is 9. The molecule has 4 aromatic heterocycles. The summed E-state index contributed by atoms with van der Waals surface area (Å²) in [5.74, 6) is 0.955. The fourth-order valence-electron chi connectivity index (χ4n) is 7.97. The lowest BCUT2D eigenvalue weighted by Crippen LogP contribution is -2.49. The number of piperazine rings is 1. The number of aromatic nitrogens is 5. The molecule has 1 atom stereocenters. The van der Waals surface area contributed by atoms with Crippen LogP contribution in [0.25, 0.3) is 21.8 Å². The van der Waals surface area contributed by atoms with Crippen LogP contribution in [0.5, 0.6) is 0 Å². The van der Waals surface area contributed by atoms with Crippen molar-refractivity contribution in [3.63, 3.8) is 0 Å². The lowest BCUT2D eigenvalue weighted by molar-refractivity contribution is -0.134. The van der Waals surface area contributed by atoms with Crippen molar-refractivity contribution in [1.82, 2.24) is 39.4 Å². The SMILES string of the molecule is CCN(C)S(=O)(=O)Nc1cccc(-c2nc(C)sc2-c2ccnc(Nc3ccc(N4CCN(CC5CCN(c6ccc([C@@H]7CCC(=O)NC7=O)cn6)CC5)CC4)cn3)n2)c1F. The summed E-state index contributed by atoms with van der Waals surface area (Å²) in [5.41, 5.74) is 2.77.